The van der Waals surface area contributed by atoms with Crippen LogP contribution in [0.1, 0.15) is 11.1 Å². The number of aromatic amines is 1. The van der Waals surface area contributed by atoms with Gasteiger partial charge in [-0.15, -0.1) is 0 Å². The maximum Gasteiger partial charge on any atom is 0.138 e. The van der Waals surface area contributed by atoms with Crippen molar-refractivity contribution in [3.63, 3.8) is 0 Å². The molecule has 4 heteroatoms. The summed E-state index contributed by atoms with van der Waals surface area (Å²) >= 11 is 6.18. The van der Waals surface area contributed by atoms with E-state index in [1.54, 1.807) is 0 Å². The van der Waals surface area contributed by atoms with Crippen molar-refractivity contribution >= 4 is 22.6 Å². The van der Waals surface area contributed by atoms with Crippen LogP contribution in [-0.4, -0.2) is 16.5 Å². The van der Waals surface area contributed by atoms with Gasteiger partial charge in [0.25, 0.3) is 0 Å². The van der Waals surface area contributed by atoms with E-state index < -0.39 is 0 Å². The molecule has 0 amide bonds. The lowest BCUT2D eigenvalue weighted by Gasteiger charge is -2.17. The highest BCUT2D eigenvalue weighted by Gasteiger charge is 2.12. The lowest BCUT2D eigenvalue weighted by molar-refractivity contribution is 0.644. The van der Waals surface area contributed by atoms with Crippen LogP contribution in [0.4, 0.5) is 0 Å². The van der Waals surface area contributed by atoms with Gasteiger partial charge in [-0.05, 0) is 42.3 Å². The van der Waals surface area contributed by atoms with E-state index >= 15 is 0 Å². The fourth-order valence-corrected chi connectivity index (χ4v) is 2.98. The quantitative estimate of drug-likeness (QED) is 0.717. The molecule has 1 aliphatic heterocycles. The molecule has 0 aliphatic carbocycles. The highest BCUT2D eigenvalue weighted by molar-refractivity contribution is 6.34. The largest absolute Gasteiger partial charge is 0.338 e. The predicted octanol–water partition coefficient (Wildman–Crippen LogP) is 3.53. The highest BCUT2D eigenvalue weighted by atomic mass is 35.5. The minimum absolute atomic E-state index is 0.685. The summed E-state index contributed by atoms with van der Waals surface area (Å²) in [5, 5.41) is 4.09. The van der Waals surface area contributed by atoms with Gasteiger partial charge in [0.1, 0.15) is 11.3 Å². The van der Waals surface area contributed by atoms with Crippen LogP contribution in [0.15, 0.2) is 36.4 Å². The van der Waals surface area contributed by atoms with E-state index in [-0.39, 0.29) is 0 Å². The van der Waals surface area contributed by atoms with E-state index in [1.807, 2.05) is 18.2 Å². The molecule has 2 aromatic carbocycles. The molecule has 3 aromatic rings. The third-order valence-corrected chi connectivity index (χ3v) is 4.13. The van der Waals surface area contributed by atoms with E-state index in [0.717, 1.165) is 41.9 Å². The predicted molar refractivity (Wildman–Crippen MR) is 82.0 cm³/mol. The molecule has 0 bridgehead atoms. The van der Waals surface area contributed by atoms with Crippen molar-refractivity contribution < 1.29 is 0 Å². The molecule has 2 heterocycles. The Morgan fingerprint density at radius 3 is 2.95 bits per heavy atom. The Morgan fingerprint density at radius 2 is 2.05 bits per heavy atom. The van der Waals surface area contributed by atoms with Crippen LogP contribution in [0.3, 0.4) is 0 Å². The number of imidazole rings is 1. The number of nitrogens with zero attached hydrogens (tertiary/aromatic N) is 1. The maximum absolute atomic E-state index is 6.18. The van der Waals surface area contributed by atoms with Crippen LogP contribution in [0.5, 0.6) is 0 Å². The monoisotopic (exact) mass is 283 g/mol. The second-order valence-electron chi connectivity index (χ2n) is 5.13. The van der Waals surface area contributed by atoms with Gasteiger partial charge in [0.05, 0.1) is 10.5 Å². The number of hydrogen-bond acceptors (Lipinski definition) is 2. The Kier molecular flexibility index (Phi) is 2.76. The van der Waals surface area contributed by atoms with Crippen molar-refractivity contribution in [1.82, 2.24) is 15.3 Å². The first-order valence-corrected chi connectivity index (χ1v) is 7.16. The summed E-state index contributed by atoms with van der Waals surface area (Å²) < 4.78 is 0. The van der Waals surface area contributed by atoms with Gasteiger partial charge in [0, 0.05) is 12.1 Å². The molecule has 4 rings (SSSR count). The van der Waals surface area contributed by atoms with E-state index in [9.17, 15) is 0 Å². The van der Waals surface area contributed by atoms with Crippen LogP contribution in [0.25, 0.3) is 22.4 Å². The molecule has 1 aromatic heterocycles. The Morgan fingerprint density at radius 1 is 1.10 bits per heavy atom. The molecular formula is C16H14ClN3. The SMILES string of the molecule is Clc1cccc2[nH]c(-c3ccc4c(c3)CNCC4)nc12. The standard InChI is InChI=1S/C16H14ClN3/c17-13-2-1-3-14-15(13)20-16(19-14)11-5-4-10-6-7-18-9-12(10)8-11/h1-5,8,18H,6-7,9H2,(H,19,20). The molecule has 2 N–H and O–H groups in total. The molecule has 0 atom stereocenters. The first-order chi connectivity index (χ1) is 9.81. The van der Waals surface area contributed by atoms with E-state index in [1.165, 1.54) is 11.1 Å². The molecular weight excluding hydrogens is 270 g/mol. The summed E-state index contributed by atoms with van der Waals surface area (Å²) in [5.41, 5.74) is 5.71. The number of para-hydroxylation sites is 1. The van der Waals surface area contributed by atoms with Crippen molar-refractivity contribution in [3.8, 4) is 11.4 Å². The van der Waals surface area contributed by atoms with E-state index in [4.69, 9.17) is 11.6 Å². The number of fused-ring (bicyclic) bond motifs is 2. The molecule has 0 spiro atoms. The summed E-state index contributed by atoms with van der Waals surface area (Å²) in [6.07, 6.45) is 1.10. The number of H-pyrrole nitrogens is 1. The summed E-state index contributed by atoms with van der Waals surface area (Å²) in [5.74, 6) is 0.876. The van der Waals surface area contributed by atoms with Crippen LogP contribution in [-0.2, 0) is 13.0 Å². The van der Waals surface area contributed by atoms with Gasteiger partial charge in [0.15, 0.2) is 0 Å². The molecule has 20 heavy (non-hydrogen) atoms. The van der Waals surface area contributed by atoms with Gasteiger partial charge >= 0.3 is 0 Å². The summed E-state index contributed by atoms with van der Waals surface area (Å²) in [4.78, 5) is 7.97. The number of rotatable bonds is 1. The zero-order valence-electron chi connectivity index (χ0n) is 10.9. The Labute approximate surface area is 122 Å². The Bertz CT molecular complexity index is 792. The third kappa shape index (κ3) is 1.90. The Hall–Kier alpha value is -1.84. The average Bonchev–Trinajstić information content (AvgIpc) is 2.92. The van der Waals surface area contributed by atoms with Crippen LogP contribution in [0.2, 0.25) is 5.02 Å². The topological polar surface area (TPSA) is 40.7 Å². The van der Waals surface area contributed by atoms with Crippen molar-refractivity contribution in [1.29, 1.82) is 0 Å². The molecule has 0 radical (unpaired) electrons. The lowest BCUT2D eigenvalue weighted by atomic mass is 9.98. The van der Waals surface area contributed by atoms with Crippen LogP contribution >= 0.6 is 11.6 Å². The van der Waals surface area contributed by atoms with Gasteiger partial charge < -0.3 is 10.3 Å². The fourth-order valence-electron chi connectivity index (χ4n) is 2.76. The second-order valence-corrected chi connectivity index (χ2v) is 5.54. The molecule has 100 valence electrons. The Balaban J connectivity index is 1.84. The second kappa shape index (κ2) is 4.62. The average molecular weight is 284 g/mol. The zero-order valence-corrected chi connectivity index (χ0v) is 11.7. The smallest absolute Gasteiger partial charge is 0.138 e. The van der Waals surface area contributed by atoms with E-state index in [2.05, 4.69) is 33.5 Å². The first kappa shape index (κ1) is 11.9. The lowest BCUT2D eigenvalue weighted by Crippen LogP contribution is -2.23. The minimum Gasteiger partial charge on any atom is -0.338 e. The normalized spacial score (nSPS) is 14.4. The van der Waals surface area contributed by atoms with Crippen LogP contribution < -0.4 is 5.32 Å². The minimum atomic E-state index is 0.685. The number of aromatic nitrogens is 2. The fraction of sp³-hybridized carbons (Fsp3) is 0.188. The zero-order chi connectivity index (χ0) is 13.5. The number of hydrogen-bond donors (Lipinski definition) is 2. The molecule has 3 nitrogen and oxygen atoms in total. The molecule has 1 aliphatic rings. The molecule has 0 fully saturated rings. The van der Waals surface area contributed by atoms with Gasteiger partial charge in [-0.25, -0.2) is 4.98 Å². The maximum atomic E-state index is 6.18. The molecule has 0 unspecified atom stereocenters. The van der Waals surface area contributed by atoms with Gasteiger partial charge in [0.2, 0.25) is 0 Å². The van der Waals surface area contributed by atoms with Crippen molar-refractivity contribution in [3.05, 3.63) is 52.5 Å². The number of nitrogens with one attached hydrogen (secondary N) is 2. The van der Waals surface area contributed by atoms with Crippen LogP contribution in [0, 0.1) is 0 Å². The number of halogens is 1. The van der Waals surface area contributed by atoms with Crippen molar-refractivity contribution in [2.75, 3.05) is 6.54 Å². The highest BCUT2D eigenvalue weighted by Crippen LogP contribution is 2.27. The van der Waals surface area contributed by atoms with Gasteiger partial charge in [-0.1, -0.05) is 29.8 Å². The summed E-state index contributed by atoms with van der Waals surface area (Å²) in [7, 11) is 0. The van der Waals surface area contributed by atoms with Gasteiger partial charge in [-0.2, -0.15) is 0 Å². The molecule has 0 saturated heterocycles. The van der Waals surface area contributed by atoms with Crippen molar-refractivity contribution in [2.45, 2.75) is 13.0 Å². The summed E-state index contributed by atoms with van der Waals surface area (Å²) in [6.45, 7) is 2.00. The van der Waals surface area contributed by atoms with Crippen molar-refractivity contribution in [2.24, 2.45) is 0 Å². The first-order valence-electron chi connectivity index (χ1n) is 6.78. The van der Waals surface area contributed by atoms with Gasteiger partial charge in [-0.3, -0.25) is 0 Å². The number of benzene rings is 2. The molecule has 0 saturated carbocycles. The third-order valence-electron chi connectivity index (χ3n) is 3.83. The van der Waals surface area contributed by atoms with E-state index in [0.29, 0.717) is 5.02 Å². The summed E-state index contributed by atoms with van der Waals surface area (Å²) in [6, 6.07) is 12.4.